The van der Waals surface area contributed by atoms with Crippen molar-refractivity contribution in [2.24, 2.45) is 0 Å². The van der Waals surface area contributed by atoms with Gasteiger partial charge >= 0.3 is 0 Å². The van der Waals surface area contributed by atoms with Crippen molar-refractivity contribution >= 4 is 17.5 Å². The minimum Gasteiger partial charge on any atom is -0.365 e. The van der Waals surface area contributed by atoms with Crippen LogP contribution in [0.4, 0.5) is 17.5 Å². The number of nitro groups is 1. The molecule has 1 aliphatic rings. The van der Waals surface area contributed by atoms with Crippen LogP contribution in [0.1, 0.15) is 18.5 Å². The van der Waals surface area contributed by atoms with Crippen LogP contribution in [-0.4, -0.2) is 44.0 Å². The number of nitrogens with zero attached hydrogens (tertiary/aromatic N) is 6. The monoisotopic (exact) mass is 391 g/mol. The molecule has 0 saturated carbocycles. The van der Waals surface area contributed by atoms with Gasteiger partial charge in [0.2, 0.25) is 5.95 Å². The van der Waals surface area contributed by atoms with E-state index in [1.54, 1.807) is 24.5 Å². The fourth-order valence-electron chi connectivity index (χ4n) is 3.47. The van der Waals surface area contributed by atoms with Crippen molar-refractivity contribution in [3.63, 3.8) is 0 Å². The maximum Gasteiger partial charge on any atom is 0.270 e. The first-order chi connectivity index (χ1) is 14.1. The van der Waals surface area contributed by atoms with E-state index < -0.39 is 4.92 Å². The van der Waals surface area contributed by atoms with Crippen LogP contribution in [0.25, 0.3) is 11.4 Å². The van der Waals surface area contributed by atoms with Gasteiger partial charge in [0, 0.05) is 61.0 Å². The highest BCUT2D eigenvalue weighted by Gasteiger charge is 2.22. The van der Waals surface area contributed by atoms with Crippen molar-refractivity contribution in [1.82, 2.24) is 19.9 Å². The topological polar surface area (TPSA) is 110 Å². The first kappa shape index (κ1) is 18.7. The third-order valence-corrected chi connectivity index (χ3v) is 4.78. The van der Waals surface area contributed by atoms with Crippen molar-refractivity contribution in [2.45, 2.75) is 25.8 Å². The van der Waals surface area contributed by atoms with E-state index >= 15 is 0 Å². The van der Waals surface area contributed by atoms with E-state index in [9.17, 15) is 10.1 Å². The molecule has 0 unspecified atom stereocenters. The molecule has 0 amide bonds. The summed E-state index contributed by atoms with van der Waals surface area (Å²) in [5.74, 6) is 1.91. The molecule has 2 aromatic heterocycles. The first-order valence-electron chi connectivity index (χ1n) is 9.47. The quantitative estimate of drug-likeness (QED) is 0.521. The molecule has 148 valence electrons. The predicted molar refractivity (Wildman–Crippen MR) is 110 cm³/mol. The molecule has 0 bridgehead atoms. The molecule has 1 atom stereocenters. The van der Waals surface area contributed by atoms with Crippen LogP contribution in [-0.2, 0) is 0 Å². The van der Waals surface area contributed by atoms with Gasteiger partial charge in [0.15, 0.2) is 5.82 Å². The molecule has 0 radical (unpaired) electrons. The number of hydrogen-bond acceptors (Lipinski definition) is 8. The summed E-state index contributed by atoms with van der Waals surface area (Å²) in [6.45, 7) is 3.59. The van der Waals surface area contributed by atoms with Crippen molar-refractivity contribution in [2.75, 3.05) is 23.3 Å². The first-order valence-corrected chi connectivity index (χ1v) is 9.47. The van der Waals surface area contributed by atoms with Crippen LogP contribution < -0.4 is 10.2 Å². The summed E-state index contributed by atoms with van der Waals surface area (Å²) in [6, 6.07) is 10.3. The van der Waals surface area contributed by atoms with Gasteiger partial charge in [-0.3, -0.25) is 10.1 Å². The lowest BCUT2D eigenvalue weighted by molar-refractivity contribution is -0.384. The molecule has 9 heteroatoms. The number of benzene rings is 1. The number of rotatable bonds is 5. The van der Waals surface area contributed by atoms with Gasteiger partial charge in [-0.25, -0.2) is 19.9 Å². The van der Waals surface area contributed by atoms with Gasteiger partial charge in [-0.05, 0) is 25.8 Å². The highest BCUT2D eigenvalue weighted by Crippen LogP contribution is 2.24. The van der Waals surface area contributed by atoms with E-state index in [4.69, 9.17) is 0 Å². The van der Waals surface area contributed by atoms with Gasteiger partial charge in [0.1, 0.15) is 5.82 Å². The summed E-state index contributed by atoms with van der Waals surface area (Å²) in [4.78, 5) is 30.6. The van der Waals surface area contributed by atoms with Crippen LogP contribution in [0, 0.1) is 17.0 Å². The standard InChI is InChI=1S/C20H21N7O2/c1-14-11-18(25-19(23-14)15-5-2-7-17(12-15)27(28)29)24-16-6-3-10-26(13-16)20-21-8-4-9-22-20/h2,4-5,7-9,11-12,16H,3,6,10,13H2,1H3,(H,23,24,25)/t16-/m0/s1. The van der Waals surface area contributed by atoms with Crippen LogP contribution in [0.5, 0.6) is 0 Å². The van der Waals surface area contributed by atoms with Gasteiger partial charge in [-0.15, -0.1) is 0 Å². The van der Waals surface area contributed by atoms with Crippen molar-refractivity contribution < 1.29 is 4.92 Å². The molecular formula is C20H21N7O2. The van der Waals surface area contributed by atoms with Crippen molar-refractivity contribution in [1.29, 1.82) is 0 Å². The number of aryl methyl sites for hydroxylation is 1. The summed E-state index contributed by atoms with van der Waals surface area (Å²) < 4.78 is 0. The highest BCUT2D eigenvalue weighted by molar-refractivity contribution is 5.61. The molecule has 1 aromatic carbocycles. The lowest BCUT2D eigenvalue weighted by Gasteiger charge is -2.33. The number of anilines is 2. The Hall–Kier alpha value is -3.62. The number of piperidine rings is 1. The third-order valence-electron chi connectivity index (χ3n) is 4.78. The fourth-order valence-corrected chi connectivity index (χ4v) is 3.47. The van der Waals surface area contributed by atoms with E-state index in [1.807, 2.05) is 19.1 Å². The lowest BCUT2D eigenvalue weighted by Crippen LogP contribution is -2.43. The van der Waals surface area contributed by atoms with Crippen molar-refractivity contribution in [3.8, 4) is 11.4 Å². The molecule has 0 spiro atoms. The molecule has 1 N–H and O–H groups in total. The van der Waals surface area contributed by atoms with Crippen LogP contribution in [0.15, 0.2) is 48.8 Å². The highest BCUT2D eigenvalue weighted by atomic mass is 16.6. The molecule has 9 nitrogen and oxygen atoms in total. The maximum atomic E-state index is 11.1. The Kier molecular flexibility index (Phi) is 5.28. The molecular weight excluding hydrogens is 370 g/mol. The largest absolute Gasteiger partial charge is 0.365 e. The van der Waals surface area contributed by atoms with Gasteiger partial charge in [0.05, 0.1) is 4.92 Å². The second-order valence-corrected chi connectivity index (χ2v) is 7.00. The van der Waals surface area contributed by atoms with E-state index in [1.165, 1.54) is 12.1 Å². The van der Waals surface area contributed by atoms with Crippen LogP contribution >= 0.6 is 0 Å². The van der Waals surface area contributed by atoms with Crippen LogP contribution in [0.2, 0.25) is 0 Å². The molecule has 1 fully saturated rings. The Morgan fingerprint density at radius 3 is 2.79 bits per heavy atom. The third kappa shape index (κ3) is 4.45. The summed E-state index contributed by atoms with van der Waals surface area (Å²) in [5.41, 5.74) is 1.44. The average Bonchev–Trinajstić information content (AvgIpc) is 2.74. The van der Waals surface area contributed by atoms with E-state index in [2.05, 4.69) is 30.2 Å². The molecule has 3 heterocycles. The number of non-ortho nitro benzene ring substituents is 1. The van der Waals surface area contributed by atoms with Gasteiger partial charge in [-0.1, -0.05) is 12.1 Å². The zero-order valence-corrected chi connectivity index (χ0v) is 16.0. The van der Waals surface area contributed by atoms with Gasteiger partial charge in [-0.2, -0.15) is 0 Å². The van der Waals surface area contributed by atoms with Gasteiger partial charge in [0.25, 0.3) is 5.69 Å². The number of hydrogen-bond donors (Lipinski definition) is 1. The Labute approximate surface area is 168 Å². The fraction of sp³-hybridized carbons (Fsp3) is 0.300. The summed E-state index contributed by atoms with van der Waals surface area (Å²) in [6.07, 6.45) is 5.53. The summed E-state index contributed by atoms with van der Waals surface area (Å²) >= 11 is 0. The lowest BCUT2D eigenvalue weighted by atomic mass is 10.1. The smallest absolute Gasteiger partial charge is 0.270 e. The Morgan fingerprint density at radius 2 is 2.00 bits per heavy atom. The zero-order valence-electron chi connectivity index (χ0n) is 16.0. The number of nitrogens with one attached hydrogen (secondary N) is 1. The Balaban J connectivity index is 1.53. The second kappa shape index (κ2) is 8.17. The Bertz CT molecular complexity index is 1010. The SMILES string of the molecule is Cc1cc(N[C@H]2CCCN(c3ncccn3)C2)nc(-c2cccc([N+](=O)[O-])c2)n1. The van der Waals surface area contributed by atoms with E-state index in [0.717, 1.165) is 37.6 Å². The predicted octanol–water partition coefficient (Wildman–Crippen LogP) is 3.23. The normalized spacial score (nSPS) is 16.4. The van der Waals surface area contributed by atoms with E-state index in [-0.39, 0.29) is 11.7 Å². The minimum atomic E-state index is -0.416. The van der Waals surface area contributed by atoms with Gasteiger partial charge < -0.3 is 10.2 Å². The van der Waals surface area contributed by atoms with Crippen molar-refractivity contribution in [3.05, 3.63) is 64.6 Å². The molecule has 4 rings (SSSR count). The van der Waals surface area contributed by atoms with Crippen LogP contribution in [0.3, 0.4) is 0 Å². The Morgan fingerprint density at radius 1 is 1.17 bits per heavy atom. The number of nitro benzene ring substituents is 1. The molecule has 1 saturated heterocycles. The summed E-state index contributed by atoms with van der Waals surface area (Å²) in [5, 5.41) is 14.6. The maximum absolute atomic E-state index is 11.1. The average molecular weight is 391 g/mol. The molecule has 3 aromatic rings. The summed E-state index contributed by atoms with van der Waals surface area (Å²) in [7, 11) is 0. The zero-order chi connectivity index (χ0) is 20.2. The van der Waals surface area contributed by atoms with E-state index in [0.29, 0.717) is 17.2 Å². The molecule has 0 aliphatic carbocycles. The molecule has 1 aliphatic heterocycles. The minimum absolute atomic E-state index is 0.0212. The number of aromatic nitrogens is 4. The second-order valence-electron chi connectivity index (χ2n) is 7.00. The molecule has 29 heavy (non-hydrogen) atoms.